The Bertz CT molecular complexity index is 457. The molecule has 1 aliphatic rings. The monoisotopic (exact) mass is 262 g/mol. The molecule has 1 aliphatic carbocycles. The average molecular weight is 262 g/mol. The quantitative estimate of drug-likeness (QED) is 0.844. The van der Waals surface area contributed by atoms with Gasteiger partial charge in [-0.3, -0.25) is 14.6 Å². The van der Waals surface area contributed by atoms with E-state index >= 15 is 0 Å². The van der Waals surface area contributed by atoms with Crippen molar-refractivity contribution in [3.8, 4) is 0 Å². The van der Waals surface area contributed by atoms with E-state index in [1.165, 1.54) is 0 Å². The highest BCUT2D eigenvalue weighted by Crippen LogP contribution is 2.31. The molecule has 0 spiro atoms. The summed E-state index contributed by atoms with van der Waals surface area (Å²) in [6.07, 6.45) is 5.22. The second-order valence-electron chi connectivity index (χ2n) is 5.09. The number of hydrogen-bond acceptors (Lipinski definition) is 3. The molecule has 0 saturated heterocycles. The minimum atomic E-state index is -0.875. The van der Waals surface area contributed by atoms with Crippen LogP contribution >= 0.6 is 0 Å². The minimum Gasteiger partial charge on any atom is -0.481 e. The number of carbonyl (C=O) groups is 2. The van der Waals surface area contributed by atoms with Crippen LogP contribution in [-0.2, 0) is 16.1 Å². The topological polar surface area (TPSA) is 70.5 Å². The van der Waals surface area contributed by atoms with Gasteiger partial charge in [0.15, 0.2) is 0 Å². The zero-order valence-corrected chi connectivity index (χ0v) is 11.0. The summed E-state index contributed by atoms with van der Waals surface area (Å²) < 4.78 is 0. The smallest absolute Gasteiger partial charge is 0.308 e. The number of carbonyl (C=O) groups excluding carboxylic acids is 1. The van der Waals surface area contributed by atoms with Crippen molar-refractivity contribution in [3.05, 3.63) is 30.1 Å². The molecule has 1 aromatic rings. The van der Waals surface area contributed by atoms with E-state index in [0.717, 1.165) is 18.4 Å². The van der Waals surface area contributed by atoms with Crippen molar-refractivity contribution in [2.75, 3.05) is 6.54 Å². The molecule has 1 unspecified atom stereocenters. The van der Waals surface area contributed by atoms with Crippen LogP contribution in [0.4, 0.5) is 0 Å². The van der Waals surface area contributed by atoms with Gasteiger partial charge in [0.25, 0.3) is 0 Å². The van der Waals surface area contributed by atoms with Gasteiger partial charge in [0.1, 0.15) is 0 Å². The summed E-state index contributed by atoms with van der Waals surface area (Å²) in [6, 6.07) is 3.71. The number of rotatable bonds is 6. The molecule has 2 rings (SSSR count). The van der Waals surface area contributed by atoms with Gasteiger partial charge in [0.05, 0.1) is 5.92 Å². The number of carboxylic acids is 1. The summed E-state index contributed by atoms with van der Waals surface area (Å²) in [7, 11) is 0. The zero-order chi connectivity index (χ0) is 13.8. The van der Waals surface area contributed by atoms with E-state index in [-0.39, 0.29) is 18.4 Å². The van der Waals surface area contributed by atoms with Gasteiger partial charge in [-0.2, -0.15) is 0 Å². The lowest BCUT2D eigenvalue weighted by Crippen LogP contribution is -2.37. The lowest BCUT2D eigenvalue weighted by atomic mass is 10.1. The Kier molecular flexibility index (Phi) is 4.14. The molecule has 1 N–H and O–H groups in total. The Morgan fingerprint density at radius 3 is 2.79 bits per heavy atom. The molecule has 5 heteroatoms. The van der Waals surface area contributed by atoms with E-state index in [2.05, 4.69) is 4.98 Å². The molecule has 1 fully saturated rings. The van der Waals surface area contributed by atoms with Gasteiger partial charge in [0, 0.05) is 31.4 Å². The maximum Gasteiger partial charge on any atom is 0.308 e. The average Bonchev–Trinajstić information content (AvgIpc) is 3.22. The summed E-state index contributed by atoms with van der Waals surface area (Å²) >= 11 is 0. The van der Waals surface area contributed by atoms with Crippen molar-refractivity contribution in [2.45, 2.75) is 26.3 Å². The number of carboxylic acid groups (broad SMARTS) is 1. The fourth-order valence-corrected chi connectivity index (χ4v) is 1.94. The highest BCUT2D eigenvalue weighted by atomic mass is 16.4. The van der Waals surface area contributed by atoms with Gasteiger partial charge < -0.3 is 10.0 Å². The first-order valence-corrected chi connectivity index (χ1v) is 6.48. The predicted molar refractivity (Wildman–Crippen MR) is 69.2 cm³/mol. The zero-order valence-electron chi connectivity index (χ0n) is 11.0. The van der Waals surface area contributed by atoms with Crippen LogP contribution in [0.3, 0.4) is 0 Å². The molecule has 5 nitrogen and oxygen atoms in total. The van der Waals surface area contributed by atoms with Crippen LogP contribution in [0.1, 0.15) is 25.3 Å². The third-order valence-electron chi connectivity index (χ3n) is 3.25. The number of amides is 1. The van der Waals surface area contributed by atoms with Crippen LogP contribution < -0.4 is 0 Å². The van der Waals surface area contributed by atoms with E-state index < -0.39 is 11.9 Å². The predicted octanol–water partition coefficient (Wildman–Crippen LogP) is 1.54. The van der Waals surface area contributed by atoms with Crippen LogP contribution in [0.5, 0.6) is 0 Å². The standard InChI is InChI=1S/C14H18N2O3/c1-10(14(18)19)8-16(13(17)12-4-5-12)9-11-3-2-6-15-7-11/h2-3,6-7,10,12H,4-5,8-9H2,1H3,(H,18,19). The van der Waals surface area contributed by atoms with Crippen molar-refractivity contribution in [1.82, 2.24) is 9.88 Å². The highest BCUT2D eigenvalue weighted by molar-refractivity contribution is 5.81. The molecule has 1 atom stereocenters. The summed E-state index contributed by atoms with van der Waals surface area (Å²) in [5.74, 6) is -1.27. The SMILES string of the molecule is CC(CN(Cc1cccnc1)C(=O)C1CC1)C(=O)O. The van der Waals surface area contributed by atoms with Gasteiger partial charge in [-0.25, -0.2) is 0 Å². The van der Waals surface area contributed by atoms with Crippen molar-refractivity contribution in [1.29, 1.82) is 0 Å². The molecule has 19 heavy (non-hydrogen) atoms. The number of hydrogen-bond donors (Lipinski definition) is 1. The van der Waals surface area contributed by atoms with Crippen molar-refractivity contribution in [2.24, 2.45) is 11.8 Å². The molecule has 0 radical (unpaired) electrons. The highest BCUT2D eigenvalue weighted by Gasteiger charge is 2.34. The minimum absolute atomic E-state index is 0.0666. The van der Waals surface area contributed by atoms with Gasteiger partial charge >= 0.3 is 5.97 Å². The van der Waals surface area contributed by atoms with Crippen molar-refractivity contribution >= 4 is 11.9 Å². The number of aromatic nitrogens is 1. The van der Waals surface area contributed by atoms with E-state index in [0.29, 0.717) is 6.54 Å². The first-order valence-electron chi connectivity index (χ1n) is 6.48. The van der Waals surface area contributed by atoms with E-state index in [4.69, 9.17) is 5.11 Å². The first-order chi connectivity index (χ1) is 9.08. The second-order valence-corrected chi connectivity index (χ2v) is 5.09. The maximum atomic E-state index is 12.2. The van der Waals surface area contributed by atoms with Crippen LogP contribution in [0.2, 0.25) is 0 Å². The van der Waals surface area contributed by atoms with Gasteiger partial charge in [-0.1, -0.05) is 13.0 Å². The third kappa shape index (κ3) is 3.77. The van der Waals surface area contributed by atoms with Crippen LogP contribution in [0.15, 0.2) is 24.5 Å². The molecule has 1 aromatic heterocycles. The molecule has 1 saturated carbocycles. The second kappa shape index (κ2) is 5.82. The molecule has 0 aliphatic heterocycles. The molecular formula is C14H18N2O3. The van der Waals surface area contributed by atoms with Crippen molar-refractivity contribution < 1.29 is 14.7 Å². The lowest BCUT2D eigenvalue weighted by Gasteiger charge is -2.24. The van der Waals surface area contributed by atoms with E-state index in [1.54, 1.807) is 24.2 Å². The van der Waals surface area contributed by atoms with Gasteiger partial charge in [-0.05, 0) is 24.5 Å². The van der Waals surface area contributed by atoms with Crippen LogP contribution in [0, 0.1) is 11.8 Å². The summed E-state index contributed by atoms with van der Waals surface area (Å²) in [4.78, 5) is 28.8. The first kappa shape index (κ1) is 13.5. The largest absolute Gasteiger partial charge is 0.481 e. The van der Waals surface area contributed by atoms with Crippen molar-refractivity contribution in [3.63, 3.8) is 0 Å². The molecule has 102 valence electrons. The summed E-state index contributed by atoms with van der Waals surface area (Å²) in [5, 5.41) is 8.98. The van der Waals surface area contributed by atoms with Gasteiger partial charge in [0.2, 0.25) is 5.91 Å². The molecule has 0 aromatic carbocycles. The Hall–Kier alpha value is -1.91. The maximum absolute atomic E-state index is 12.2. The number of nitrogens with zero attached hydrogens (tertiary/aromatic N) is 2. The Labute approximate surface area is 112 Å². The van der Waals surface area contributed by atoms with E-state index in [9.17, 15) is 9.59 Å². The third-order valence-corrected chi connectivity index (χ3v) is 3.25. The van der Waals surface area contributed by atoms with E-state index in [1.807, 2.05) is 12.1 Å². The summed E-state index contributed by atoms with van der Waals surface area (Å²) in [6.45, 7) is 2.30. The molecular weight excluding hydrogens is 244 g/mol. The van der Waals surface area contributed by atoms with Crippen LogP contribution in [0.25, 0.3) is 0 Å². The molecule has 1 amide bonds. The van der Waals surface area contributed by atoms with Crippen LogP contribution in [-0.4, -0.2) is 33.4 Å². The number of aliphatic carboxylic acids is 1. The Morgan fingerprint density at radius 2 is 2.26 bits per heavy atom. The Balaban J connectivity index is 2.05. The fourth-order valence-electron chi connectivity index (χ4n) is 1.94. The number of pyridine rings is 1. The Morgan fingerprint density at radius 1 is 1.53 bits per heavy atom. The fraction of sp³-hybridized carbons (Fsp3) is 0.500. The summed E-state index contributed by atoms with van der Waals surface area (Å²) in [5.41, 5.74) is 0.925. The molecule has 1 heterocycles. The molecule has 0 bridgehead atoms. The van der Waals surface area contributed by atoms with Gasteiger partial charge in [-0.15, -0.1) is 0 Å². The lowest BCUT2D eigenvalue weighted by molar-refractivity contribution is -0.143. The normalized spacial score (nSPS) is 15.8.